The smallest absolute Gasteiger partial charge is 0.238 e. The molecule has 0 aromatic carbocycles. The summed E-state index contributed by atoms with van der Waals surface area (Å²) in [5.41, 5.74) is 4.50. The van der Waals surface area contributed by atoms with E-state index in [0.717, 1.165) is 24.5 Å². The van der Waals surface area contributed by atoms with Crippen LogP contribution in [-0.2, 0) is 23.2 Å². The Hall–Kier alpha value is -2.71. The highest BCUT2D eigenvalue weighted by atomic mass is 16.2. The lowest BCUT2D eigenvalue weighted by Gasteiger charge is -2.33. The number of aromatic nitrogens is 5. The zero-order valence-corrected chi connectivity index (χ0v) is 14.8. The quantitative estimate of drug-likeness (QED) is 0.759. The van der Waals surface area contributed by atoms with Gasteiger partial charge in [-0.25, -0.2) is 0 Å². The number of nitrogens with two attached hydrogens (primary N) is 1. The van der Waals surface area contributed by atoms with Gasteiger partial charge in [0.05, 0.1) is 0 Å². The van der Waals surface area contributed by atoms with Crippen LogP contribution in [0.2, 0.25) is 0 Å². The van der Waals surface area contributed by atoms with E-state index in [1.54, 1.807) is 11.1 Å². The van der Waals surface area contributed by atoms with E-state index in [2.05, 4.69) is 15.3 Å². The van der Waals surface area contributed by atoms with Crippen LogP contribution in [0.4, 0.5) is 0 Å². The summed E-state index contributed by atoms with van der Waals surface area (Å²) in [7, 11) is 1.97. The molecule has 9 heteroatoms. The Labute approximate surface area is 151 Å². The van der Waals surface area contributed by atoms with Crippen molar-refractivity contribution >= 4 is 11.8 Å². The number of carbonyl (C=O) groups is 2. The molecular weight excluding hydrogens is 334 g/mol. The molecule has 2 aromatic heterocycles. The van der Waals surface area contributed by atoms with Crippen molar-refractivity contribution in [2.24, 2.45) is 18.2 Å². The SMILES string of the molecule is Cn1c(Cn2cccn2)nnc1C1CCN(C(=O)C2(C(N)=O)CC2)CC1. The number of amides is 2. The lowest BCUT2D eigenvalue weighted by Crippen LogP contribution is -2.46. The number of rotatable bonds is 5. The Morgan fingerprint density at radius 2 is 2.00 bits per heavy atom. The molecule has 3 heterocycles. The van der Waals surface area contributed by atoms with Gasteiger partial charge < -0.3 is 15.2 Å². The lowest BCUT2D eigenvalue weighted by atomic mass is 9.94. The van der Waals surface area contributed by atoms with Crippen LogP contribution in [0.25, 0.3) is 0 Å². The molecule has 2 aliphatic rings. The second-order valence-electron chi connectivity index (χ2n) is 7.25. The van der Waals surface area contributed by atoms with E-state index >= 15 is 0 Å². The van der Waals surface area contributed by atoms with E-state index in [-0.39, 0.29) is 11.8 Å². The minimum atomic E-state index is -0.922. The Morgan fingerprint density at radius 1 is 1.27 bits per heavy atom. The molecule has 4 rings (SSSR count). The molecule has 0 atom stereocenters. The van der Waals surface area contributed by atoms with Crippen molar-refractivity contribution in [2.75, 3.05) is 13.1 Å². The summed E-state index contributed by atoms with van der Waals surface area (Å²) in [6.45, 7) is 1.83. The van der Waals surface area contributed by atoms with Gasteiger partial charge in [-0.15, -0.1) is 10.2 Å². The summed E-state index contributed by atoms with van der Waals surface area (Å²) in [5, 5.41) is 12.9. The first-order valence-corrected chi connectivity index (χ1v) is 8.96. The molecule has 9 nitrogen and oxygen atoms in total. The van der Waals surface area contributed by atoms with Crippen LogP contribution in [-0.4, -0.2) is 54.3 Å². The van der Waals surface area contributed by atoms with Gasteiger partial charge in [-0.3, -0.25) is 14.3 Å². The van der Waals surface area contributed by atoms with E-state index in [1.807, 2.05) is 28.6 Å². The molecule has 0 spiro atoms. The maximum absolute atomic E-state index is 12.6. The molecule has 1 aliphatic carbocycles. The third kappa shape index (κ3) is 2.77. The molecule has 0 bridgehead atoms. The number of primary amides is 1. The fraction of sp³-hybridized carbons (Fsp3) is 0.588. The van der Waals surface area contributed by atoms with Gasteiger partial charge in [-0.05, 0) is 31.7 Å². The van der Waals surface area contributed by atoms with Crippen LogP contribution in [0, 0.1) is 5.41 Å². The van der Waals surface area contributed by atoms with E-state index in [9.17, 15) is 9.59 Å². The summed E-state index contributed by atoms with van der Waals surface area (Å²) in [5.74, 6) is 1.47. The molecule has 2 aromatic rings. The van der Waals surface area contributed by atoms with Gasteiger partial charge in [0.1, 0.15) is 17.8 Å². The van der Waals surface area contributed by atoms with Crippen LogP contribution in [0.3, 0.4) is 0 Å². The molecule has 1 aliphatic heterocycles. The van der Waals surface area contributed by atoms with Crippen LogP contribution in [0.5, 0.6) is 0 Å². The summed E-state index contributed by atoms with van der Waals surface area (Å²) < 4.78 is 3.84. The van der Waals surface area contributed by atoms with Gasteiger partial charge in [0.25, 0.3) is 0 Å². The predicted octanol–water partition coefficient (Wildman–Crippen LogP) is 0.0314. The Morgan fingerprint density at radius 3 is 2.58 bits per heavy atom. The van der Waals surface area contributed by atoms with Crippen molar-refractivity contribution in [1.29, 1.82) is 0 Å². The molecule has 1 saturated heterocycles. The van der Waals surface area contributed by atoms with E-state index < -0.39 is 11.3 Å². The molecule has 0 radical (unpaired) electrons. The maximum atomic E-state index is 12.6. The largest absolute Gasteiger partial charge is 0.369 e. The first-order valence-electron chi connectivity index (χ1n) is 8.96. The van der Waals surface area contributed by atoms with Gasteiger partial charge in [0, 0.05) is 38.4 Å². The highest BCUT2D eigenvalue weighted by Crippen LogP contribution is 2.47. The standard InChI is InChI=1S/C17H23N7O2/c1-22-13(11-24-8-2-7-19-24)20-21-14(22)12-3-9-23(10-4-12)16(26)17(5-6-17)15(18)25/h2,7-8,12H,3-6,9-11H2,1H3,(H2,18,25). The van der Waals surface area contributed by atoms with Crippen LogP contribution < -0.4 is 5.73 Å². The fourth-order valence-electron chi connectivity index (χ4n) is 3.74. The maximum Gasteiger partial charge on any atom is 0.238 e. The summed E-state index contributed by atoms with van der Waals surface area (Å²) >= 11 is 0. The number of nitrogens with zero attached hydrogens (tertiary/aromatic N) is 6. The van der Waals surface area contributed by atoms with Crippen molar-refractivity contribution in [2.45, 2.75) is 38.1 Å². The van der Waals surface area contributed by atoms with Gasteiger partial charge in [-0.1, -0.05) is 0 Å². The molecule has 2 fully saturated rings. The van der Waals surface area contributed by atoms with Gasteiger partial charge in [0.2, 0.25) is 11.8 Å². The Balaban J connectivity index is 1.40. The van der Waals surface area contributed by atoms with E-state index in [1.165, 1.54) is 0 Å². The first kappa shape index (κ1) is 16.7. The van der Waals surface area contributed by atoms with Gasteiger partial charge >= 0.3 is 0 Å². The molecule has 0 unspecified atom stereocenters. The molecule has 26 heavy (non-hydrogen) atoms. The molecular formula is C17H23N7O2. The predicted molar refractivity (Wildman–Crippen MR) is 91.7 cm³/mol. The van der Waals surface area contributed by atoms with Crippen molar-refractivity contribution in [3.8, 4) is 0 Å². The molecule has 138 valence electrons. The topological polar surface area (TPSA) is 112 Å². The van der Waals surface area contributed by atoms with Gasteiger partial charge in [0.15, 0.2) is 5.82 Å². The highest BCUT2D eigenvalue weighted by Gasteiger charge is 2.57. The Kier molecular flexibility index (Phi) is 4.01. The third-order valence-electron chi connectivity index (χ3n) is 5.64. The third-order valence-corrected chi connectivity index (χ3v) is 5.64. The lowest BCUT2D eigenvalue weighted by molar-refractivity contribution is -0.143. The molecule has 2 amide bonds. The summed E-state index contributed by atoms with van der Waals surface area (Å²) in [4.78, 5) is 26.0. The second-order valence-corrected chi connectivity index (χ2v) is 7.25. The monoisotopic (exact) mass is 357 g/mol. The zero-order valence-electron chi connectivity index (χ0n) is 14.8. The number of hydrogen-bond donors (Lipinski definition) is 1. The number of piperidine rings is 1. The first-order chi connectivity index (χ1) is 12.5. The van der Waals surface area contributed by atoms with Crippen LogP contribution in [0.1, 0.15) is 43.3 Å². The van der Waals surface area contributed by atoms with Gasteiger partial charge in [-0.2, -0.15) is 5.10 Å². The number of hydrogen-bond acceptors (Lipinski definition) is 5. The average molecular weight is 357 g/mol. The van der Waals surface area contributed by atoms with Crippen molar-refractivity contribution in [3.63, 3.8) is 0 Å². The average Bonchev–Trinajstić information content (AvgIpc) is 3.17. The summed E-state index contributed by atoms with van der Waals surface area (Å²) in [6.07, 6.45) is 6.43. The Bertz CT molecular complexity index is 814. The zero-order chi connectivity index (χ0) is 18.3. The highest BCUT2D eigenvalue weighted by molar-refractivity contribution is 6.07. The van der Waals surface area contributed by atoms with Crippen molar-refractivity contribution in [3.05, 3.63) is 30.1 Å². The second kappa shape index (κ2) is 6.22. The molecule has 1 saturated carbocycles. The molecule has 2 N–H and O–H groups in total. The fourth-order valence-corrected chi connectivity index (χ4v) is 3.74. The van der Waals surface area contributed by atoms with E-state index in [0.29, 0.717) is 32.5 Å². The minimum absolute atomic E-state index is 0.0965. The van der Waals surface area contributed by atoms with Crippen molar-refractivity contribution < 1.29 is 9.59 Å². The van der Waals surface area contributed by atoms with Crippen LogP contribution >= 0.6 is 0 Å². The van der Waals surface area contributed by atoms with E-state index in [4.69, 9.17) is 5.73 Å². The normalized spacial score (nSPS) is 19.5. The van der Waals surface area contributed by atoms with Crippen LogP contribution in [0.15, 0.2) is 18.5 Å². The van der Waals surface area contributed by atoms with Crippen molar-refractivity contribution in [1.82, 2.24) is 29.4 Å². The number of likely N-dealkylation sites (tertiary alicyclic amines) is 1. The number of carbonyl (C=O) groups excluding carboxylic acids is 2. The minimum Gasteiger partial charge on any atom is -0.369 e. The summed E-state index contributed by atoms with van der Waals surface area (Å²) in [6, 6.07) is 1.88.